The molecule has 1 aromatic heterocycles. The number of aryl methyl sites for hydroxylation is 1. The van der Waals surface area contributed by atoms with Crippen molar-refractivity contribution in [2.45, 2.75) is 59.1 Å². The topological polar surface area (TPSA) is 73.0 Å². The molecule has 0 bridgehead atoms. The van der Waals surface area contributed by atoms with Crippen LogP contribution in [0.15, 0.2) is 21.5 Å². The molecule has 1 aliphatic heterocycles. The Labute approximate surface area is 181 Å². The summed E-state index contributed by atoms with van der Waals surface area (Å²) in [5.74, 6) is 2.72. The van der Waals surface area contributed by atoms with E-state index in [1.165, 1.54) is 19.4 Å². The monoisotopic (exact) mass is 492 g/mol. The van der Waals surface area contributed by atoms with Gasteiger partial charge in [0.25, 0.3) is 0 Å². The molecule has 0 amide bonds. The molecule has 2 atom stereocenters. The first-order chi connectivity index (χ1) is 12.3. The van der Waals surface area contributed by atoms with Gasteiger partial charge < -0.3 is 25.1 Å². The number of likely N-dealkylation sites (tertiary alicyclic amines) is 1. The maximum atomic E-state index is 10.7. The van der Waals surface area contributed by atoms with Gasteiger partial charge in [0.15, 0.2) is 5.96 Å². The zero-order chi connectivity index (χ0) is 19.2. The highest BCUT2D eigenvalue weighted by Gasteiger charge is 2.27. The molecular weight excluding hydrogens is 455 g/mol. The van der Waals surface area contributed by atoms with Gasteiger partial charge in [-0.05, 0) is 72.1 Å². The Morgan fingerprint density at radius 2 is 2.15 bits per heavy atom. The third-order valence-electron chi connectivity index (χ3n) is 5.00. The fourth-order valence-electron chi connectivity index (χ4n) is 3.35. The standard InChI is InChI=1S/C20H36N4O2.HI/c1-6-21-19(22-12-17-8-7-11-24(13-17)15(2)3)23-14-20(5,25)18-10-9-16(4)26-18;/h9-10,15,17,25H,6-8,11-14H2,1-5H3,(H2,21,22,23);1H. The number of halogens is 1. The third kappa shape index (κ3) is 7.62. The van der Waals surface area contributed by atoms with E-state index in [4.69, 9.17) is 4.42 Å². The number of guanidine groups is 1. The van der Waals surface area contributed by atoms with Crippen molar-refractivity contribution < 1.29 is 9.52 Å². The number of nitrogens with zero attached hydrogens (tertiary/aromatic N) is 2. The van der Waals surface area contributed by atoms with Crippen molar-refractivity contribution in [3.8, 4) is 0 Å². The summed E-state index contributed by atoms with van der Waals surface area (Å²) in [5.41, 5.74) is -1.12. The van der Waals surface area contributed by atoms with Crippen molar-refractivity contribution in [3.63, 3.8) is 0 Å². The van der Waals surface area contributed by atoms with Crippen LogP contribution in [0.1, 0.15) is 52.1 Å². The van der Waals surface area contributed by atoms with E-state index in [2.05, 4.69) is 34.4 Å². The summed E-state index contributed by atoms with van der Waals surface area (Å²) in [6.45, 7) is 14.5. The number of nitrogens with one attached hydrogen (secondary N) is 2. The van der Waals surface area contributed by atoms with E-state index < -0.39 is 5.60 Å². The van der Waals surface area contributed by atoms with Gasteiger partial charge in [-0.1, -0.05) is 0 Å². The lowest BCUT2D eigenvalue weighted by Gasteiger charge is -2.35. The summed E-state index contributed by atoms with van der Waals surface area (Å²) in [5, 5.41) is 17.4. The minimum atomic E-state index is -1.12. The lowest BCUT2D eigenvalue weighted by atomic mass is 9.97. The first kappa shape index (κ1) is 24.2. The Morgan fingerprint density at radius 1 is 1.41 bits per heavy atom. The van der Waals surface area contributed by atoms with Gasteiger partial charge >= 0.3 is 0 Å². The van der Waals surface area contributed by atoms with Gasteiger partial charge in [0.1, 0.15) is 17.1 Å². The quantitative estimate of drug-likeness (QED) is 0.310. The molecule has 1 aliphatic rings. The molecule has 7 heteroatoms. The van der Waals surface area contributed by atoms with Crippen LogP contribution in [0, 0.1) is 12.8 Å². The fraction of sp³-hybridized carbons (Fsp3) is 0.750. The van der Waals surface area contributed by atoms with Crippen LogP contribution in [-0.4, -0.2) is 54.7 Å². The number of hydrogen-bond acceptors (Lipinski definition) is 4. The number of hydrogen-bond donors (Lipinski definition) is 3. The van der Waals surface area contributed by atoms with Crippen LogP contribution in [0.2, 0.25) is 0 Å². The number of aliphatic hydroxyl groups is 1. The summed E-state index contributed by atoms with van der Waals surface area (Å²) >= 11 is 0. The van der Waals surface area contributed by atoms with Crippen LogP contribution in [0.25, 0.3) is 0 Å². The third-order valence-corrected chi connectivity index (χ3v) is 5.00. The van der Waals surface area contributed by atoms with Crippen molar-refractivity contribution in [2.75, 3.05) is 32.7 Å². The second kappa shape index (κ2) is 11.3. The largest absolute Gasteiger partial charge is 0.463 e. The van der Waals surface area contributed by atoms with E-state index in [1.54, 1.807) is 6.92 Å². The summed E-state index contributed by atoms with van der Waals surface area (Å²) in [7, 11) is 0. The van der Waals surface area contributed by atoms with Gasteiger partial charge in [-0.2, -0.15) is 0 Å². The number of rotatable bonds is 7. The van der Waals surface area contributed by atoms with E-state index in [0.29, 0.717) is 17.7 Å². The van der Waals surface area contributed by atoms with Crippen LogP contribution >= 0.6 is 24.0 Å². The zero-order valence-corrected chi connectivity index (χ0v) is 19.7. The van der Waals surface area contributed by atoms with Crippen molar-refractivity contribution >= 4 is 29.9 Å². The maximum absolute atomic E-state index is 10.7. The van der Waals surface area contributed by atoms with Gasteiger partial charge in [-0.3, -0.25) is 0 Å². The molecule has 1 fully saturated rings. The van der Waals surface area contributed by atoms with Crippen molar-refractivity contribution in [3.05, 3.63) is 23.7 Å². The minimum absolute atomic E-state index is 0. The summed E-state index contributed by atoms with van der Waals surface area (Å²) < 4.78 is 5.56. The highest BCUT2D eigenvalue weighted by molar-refractivity contribution is 14.0. The number of furan rings is 1. The van der Waals surface area contributed by atoms with E-state index in [9.17, 15) is 5.11 Å². The fourth-order valence-corrected chi connectivity index (χ4v) is 3.35. The highest BCUT2D eigenvalue weighted by atomic mass is 127. The molecule has 2 rings (SSSR count). The summed E-state index contributed by atoms with van der Waals surface area (Å²) in [6, 6.07) is 4.28. The van der Waals surface area contributed by atoms with Gasteiger partial charge in [-0.15, -0.1) is 24.0 Å². The molecule has 0 aromatic carbocycles. The Hall–Kier alpha value is -0.800. The van der Waals surface area contributed by atoms with Crippen molar-refractivity contribution in [1.29, 1.82) is 0 Å². The zero-order valence-electron chi connectivity index (χ0n) is 17.4. The van der Waals surface area contributed by atoms with E-state index >= 15 is 0 Å². The molecule has 1 saturated heterocycles. The predicted molar refractivity (Wildman–Crippen MR) is 122 cm³/mol. The lowest BCUT2D eigenvalue weighted by molar-refractivity contribution is 0.0428. The molecular formula is C20H37IN4O2. The Kier molecular flexibility index (Phi) is 10.1. The normalized spacial score (nSPS) is 20.9. The Bertz CT molecular complexity index is 586. The second-order valence-corrected chi connectivity index (χ2v) is 7.86. The molecule has 1 aromatic rings. The van der Waals surface area contributed by atoms with E-state index in [1.807, 2.05) is 26.0 Å². The SMILES string of the molecule is CCNC(=NCC(C)(O)c1ccc(C)o1)NCC1CCCN(C(C)C)C1.I. The minimum Gasteiger partial charge on any atom is -0.463 e. The van der Waals surface area contributed by atoms with Crippen LogP contribution in [0.5, 0.6) is 0 Å². The molecule has 0 aliphatic carbocycles. The average Bonchev–Trinajstić information content (AvgIpc) is 3.05. The molecule has 0 saturated carbocycles. The molecule has 0 spiro atoms. The van der Waals surface area contributed by atoms with Crippen LogP contribution in [0.4, 0.5) is 0 Å². The Morgan fingerprint density at radius 3 is 2.74 bits per heavy atom. The Balaban J connectivity index is 0.00000364. The summed E-state index contributed by atoms with van der Waals surface area (Å²) in [6.07, 6.45) is 2.50. The second-order valence-electron chi connectivity index (χ2n) is 7.86. The summed E-state index contributed by atoms with van der Waals surface area (Å²) in [4.78, 5) is 7.13. The molecule has 156 valence electrons. The average molecular weight is 492 g/mol. The van der Waals surface area contributed by atoms with Crippen LogP contribution < -0.4 is 10.6 Å². The van der Waals surface area contributed by atoms with Crippen LogP contribution in [0.3, 0.4) is 0 Å². The molecule has 0 radical (unpaired) electrons. The number of piperidine rings is 1. The van der Waals surface area contributed by atoms with Gasteiger partial charge in [0.05, 0.1) is 6.54 Å². The van der Waals surface area contributed by atoms with Crippen molar-refractivity contribution in [2.24, 2.45) is 10.9 Å². The van der Waals surface area contributed by atoms with E-state index in [0.717, 1.165) is 31.4 Å². The molecule has 2 unspecified atom stereocenters. The lowest BCUT2D eigenvalue weighted by Crippen LogP contribution is -2.46. The molecule has 3 N–H and O–H groups in total. The van der Waals surface area contributed by atoms with Gasteiger partial charge in [0.2, 0.25) is 0 Å². The predicted octanol–water partition coefficient (Wildman–Crippen LogP) is 3.09. The van der Waals surface area contributed by atoms with E-state index in [-0.39, 0.29) is 30.5 Å². The van der Waals surface area contributed by atoms with Gasteiger partial charge in [0, 0.05) is 25.7 Å². The smallest absolute Gasteiger partial charge is 0.191 e. The first-order valence-corrected chi connectivity index (χ1v) is 9.87. The van der Waals surface area contributed by atoms with Gasteiger partial charge in [-0.25, -0.2) is 4.99 Å². The molecule has 6 nitrogen and oxygen atoms in total. The van der Waals surface area contributed by atoms with Crippen molar-refractivity contribution in [1.82, 2.24) is 15.5 Å². The molecule has 27 heavy (non-hydrogen) atoms. The number of aliphatic imine (C=N–C) groups is 1. The maximum Gasteiger partial charge on any atom is 0.191 e. The molecule has 2 heterocycles. The first-order valence-electron chi connectivity index (χ1n) is 9.87. The highest BCUT2D eigenvalue weighted by Crippen LogP contribution is 2.23. The van der Waals surface area contributed by atoms with Crippen LogP contribution in [-0.2, 0) is 5.60 Å².